The van der Waals surface area contributed by atoms with E-state index in [1.165, 1.54) is 29.3 Å². The van der Waals surface area contributed by atoms with Gasteiger partial charge in [0.05, 0.1) is 5.52 Å². The van der Waals surface area contributed by atoms with Crippen LogP contribution in [0.25, 0.3) is 10.9 Å². The lowest BCUT2D eigenvalue weighted by Crippen LogP contribution is -2.05. The Morgan fingerprint density at radius 3 is 2.59 bits per heavy atom. The molecule has 0 aliphatic rings. The minimum absolute atomic E-state index is 0.429. The monoisotopic (exact) mass is 227 g/mol. The maximum Gasteiger partial charge on any atom is 0.0733 e. The molecule has 0 saturated carbocycles. The molecule has 1 heteroatoms. The maximum absolute atomic E-state index is 4.50. The van der Waals surface area contributed by atoms with Crippen LogP contribution in [-0.2, 0) is 6.42 Å². The highest BCUT2D eigenvalue weighted by Gasteiger charge is 2.10. The van der Waals surface area contributed by atoms with E-state index in [4.69, 9.17) is 0 Å². The summed E-state index contributed by atoms with van der Waals surface area (Å²) in [5, 5.41) is 1.25. The van der Waals surface area contributed by atoms with Crippen molar-refractivity contribution in [3.05, 3.63) is 42.1 Å². The molecule has 0 bridgehead atoms. The summed E-state index contributed by atoms with van der Waals surface area (Å²) in [6.07, 6.45) is 5.51. The summed E-state index contributed by atoms with van der Waals surface area (Å²) in [4.78, 5) is 4.50. The quantitative estimate of drug-likeness (QED) is 0.746. The van der Waals surface area contributed by atoms with Gasteiger partial charge in [0.25, 0.3) is 0 Å². The van der Waals surface area contributed by atoms with Crippen molar-refractivity contribution in [3.8, 4) is 0 Å². The van der Waals surface area contributed by atoms with E-state index < -0.39 is 0 Å². The molecule has 0 saturated heterocycles. The molecule has 0 aliphatic heterocycles. The van der Waals surface area contributed by atoms with E-state index in [0.717, 1.165) is 6.42 Å². The van der Waals surface area contributed by atoms with Gasteiger partial charge in [-0.3, -0.25) is 4.98 Å². The predicted molar refractivity (Wildman–Crippen MR) is 74.1 cm³/mol. The summed E-state index contributed by atoms with van der Waals surface area (Å²) in [6.45, 7) is 6.90. The third-order valence-electron chi connectivity index (χ3n) is 3.09. The normalized spacial score (nSPS) is 11.9. The molecule has 1 aromatic heterocycles. The molecule has 0 fully saturated rings. The number of para-hydroxylation sites is 1. The van der Waals surface area contributed by atoms with E-state index in [0.29, 0.717) is 5.41 Å². The molecular weight excluding hydrogens is 206 g/mol. The lowest BCUT2D eigenvalue weighted by Gasteiger charge is -2.17. The third-order valence-corrected chi connectivity index (χ3v) is 3.09. The molecule has 0 radical (unpaired) electrons. The van der Waals surface area contributed by atoms with Crippen LogP contribution in [0.1, 0.15) is 39.2 Å². The van der Waals surface area contributed by atoms with Crippen molar-refractivity contribution < 1.29 is 0 Å². The molecule has 2 rings (SSSR count). The standard InChI is InChI=1S/C16H21N/c1-16(2,3)11-5-9-13-7-4-8-14-10-6-12-17-15(13)14/h4,6-8,10,12H,5,9,11H2,1-3H3. The van der Waals surface area contributed by atoms with Gasteiger partial charge in [0.1, 0.15) is 0 Å². The van der Waals surface area contributed by atoms with Crippen LogP contribution in [0.5, 0.6) is 0 Å². The molecule has 90 valence electrons. The lowest BCUT2D eigenvalue weighted by atomic mass is 9.89. The number of hydrogen-bond donors (Lipinski definition) is 0. The number of aromatic nitrogens is 1. The van der Waals surface area contributed by atoms with Crippen LogP contribution in [0.15, 0.2) is 36.5 Å². The van der Waals surface area contributed by atoms with E-state index in [2.05, 4.69) is 50.0 Å². The summed E-state index contributed by atoms with van der Waals surface area (Å²) in [6, 6.07) is 10.6. The highest BCUT2D eigenvalue weighted by Crippen LogP contribution is 2.24. The molecule has 17 heavy (non-hydrogen) atoms. The van der Waals surface area contributed by atoms with E-state index >= 15 is 0 Å². The number of aryl methyl sites for hydroxylation is 1. The summed E-state index contributed by atoms with van der Waals surface area (Å²) in [5.74, 6) is 0. The number of rotatable bonds is 3. The average molecular weight is 227 g/mol. The molecule has 0 amide bonds. The second-order valence-corrected chi connectivity index (χ2v) is 5.91. The second kappa shape index (κ2) is 4.87. The van der Waals surface area contributed by atoms with Gasteiger partial charge in [-0.25, -0.2) is 0 Å². The van der Waals surface area contributed by atoms with E-state index in [-0.39, 0.29) is 0 Å². The second-order valence-electron chi connectivity index (χ2n) is 5.91. The van der Waals surface area contributed by atoms with E-state index in [9.17, 15) is 0 Å². The SMILES string of the molecule is CC(C)(C)CCCc1cccc2cccnc12. The van der Waals surface area contributed by atoms with Gasteiger partial charge >= 0.3 is 0 Å². The Morgan fingerprint density at radius 1 is 1.06 bits per heavy atom. The Morgan fingerprint density at radius 2 is 1.82 bits per heavy atom. The molecule has 0 aliphatic carbocycles. The lowest BCUT2D eigenvalue weighted by molar-refractivity contribution is 0.366. The number of benzene rings is 1. The van der Waals surface area contributed by atoms with Crippen LogP contribution >= 0.6 is 0 Å². The van der Waals surface area contributed by atoms with Crippen molar-refractivity contribution in [1.82, 2.24) is 4.98 Å². The van der Waals surface area contributed by atoms with Gasteiger partial charge in [0, 0.05) is 11.6 Å². The highest BCUT2D eigenvalue weighted by molar-refractivity contribution is 5.81. The fourth-order valence-corrected chi connectivity index (χ4v) is 2.18. The minimum Gasteiger partial charge on any atom is -0.256 e. The zero-order valence-electron chi connectivity index (χ0n) is 11.0. The predicted octanol–water partition coefficient (Wildman–Crippen LogP) is 4.60. The smallest absolute Gasteiger partial charge is 0.0733 e. The first-order valence-electron chi connectivity index (χ1n) is 6.39. The van der Waals surface area contributed by atoms with Crippen molar-refractivity contribution in [2.75, 3.05) is 0 Å². The zero-order chi connectivity index (χ0) is 12.3. The van der Waals surface area contributed by atoms with Crippen LogP contribution in [0.4, 0.5) is 0 Å². The molecular formula is C16H21N. The molecule has 0 atom stereocenters. The summed E-state index contributed by atoms with van der Waals surface area (Å²) < 4.78 is 0. The van der Waals surface area contributed by atoms with Crippen LogP contribution in [0.2, 0.25) is 0 Å². The zero-order valence-corrected chi connectivity index (χ0v) is 11.0. The van der Waals surface area contributed by atoms with Crippen molar-refractivity contribution in [2.45, 2.75) is 40.0 Å². The fraction of sp³-hybridized carbons (Fsp3) is 0.438. The average Bonchev–Trinajstić information content (AvgIpc) is 2.28. The number of nitrogens with zero attached hydrogens (tertiary/aromatic N) is 1. The Kier molecular flexibility index (Phi) is 3.46. The summed E-state index contributed by atoms with van der Waals surface area (Å²) >= 11 is 0. The minimum atomic E-state index is 0.429. The van der Waals surface area contributed by atoms with Crippen molar-refractivity contribution in [1.29, 1.82) is 0 Å². The fourth-order valence-electron chi connectivity index (χ4n) is 2.18. The third kappa shape index (κ3) is 3.29. The first kappa shape index (κ1) is 12.1. The summed E-state index contributed by atoms with van der Waals surface area (Å²) in [5.41, 5.74) is 2.98. The molecule has 0 spiro atoms. The van der Waals surface area contributed by atoms with Crippen molar-refractivity contribution in [2.24, 2.45) is 5.41 Å². The van der Waals surface area contributed by atoms with E-state index in [1.807, 2.05) is 12.3 Å². The van der Waals surface area contributed by atoms with Crippen LogP contribution in [-0.4, -0.2) is 4.98 Å². The Labute approximate surface area is 104 Å². The van der Waals surface area contributed by atoms with Gasteiger partial charge in [-0.05, 0) is 36.3 Å². The molecule has 0 N–H and O–H groups in total. The van der Waals surface area contributed by atoms with Gasteiger partial charge < -0.3 is 0 Å². The molecule has 1 nitrogen and oxygen atoms in total. The summed E-state index contributed by atoms with van der Waals surface area (Å²) in [7, 11) is 0. The topological polar surface area (TPSA) is 12.9 Å². The Bertz CT molecular complexity index is 489. The van der Waals surface area contributed by atoms with Crippen molar-refractivity contribution >= 4 is 10.9 Å². The Balaban J connectivity index is 2.13. The maximum atomic E-state index is 4.50. The van der Waals surface area contributed by atoms with Gasteiger partial charge in [-0.15, -0.1) is 0 Å². The van der Waals surface area contributed by atoms with Gasteiger partial charge in [0.2, 0.25) is 0 Å². The highest BCUT2D eigenvalue weighted by atomic mass is 14.6. The Hall–Kier alpha value is -1.37. The van der Waals surface area contributed by atoms with Crippen LogP contribution in [0, 0.1) is 5.41 Å². The van der Waals surface area contributed by atoms with Crippen LogP contribution < -0.4 is 0 Å². The molecule has 0 unspecified atom stereocenters. The van der Waals surface area contributed by atoms with Crippen LogP contribution in [0.3, 0.4) is 0 Å². The van der Waals surface area contributed by atoms with Crippen molar-refractivity contribution in [3.63, 3.8) is 0 Å². The molecule has 1 aromatic carbocycles. The molecule has 1 heterocycles. The number of hydrogen-bond acceptors (Lipinski definition) is 1. The number of pyridine rings is 1. The largest absolute Gasteiger partial charge is 0.256 e. The van der Waals surface area contributed by atoms with Gasteiger partial charge in [0.15, 0.2) is 0 Å². The van der Waals surface area contributed by atoms with E-state index in [1.54, 1.807) is 0 Å². The first-order valence-corrected chi connectivity index (χ1v) is 6.39. The van der Waals surface area contributed by atoms with Gasteiger partial charge in [-0.1, -0.05) is 45.0 Å². The molecule has 2 aromatic rings. The first-order chi connectivity index (χ1) is 8.06. The number of fused-ring (bicyclic) bond motifs is 1. The van der Waals surface area contributed by atoms with Gasteiger partial charge in [-0.2, -0.15) is 0 Å².